The lowest BCUT2D eigenvalue weighted by atomic mass is 10.2. The summed E-state index contributed by atoms with van der Waals surface area (Å²) < 4.78 is 6.56. The molecule has 2 N–H and O–H groups in total. The highest BCUT2D eigenvalue weighted by atomic mass is 16.5. The van der Waals surface area contributed by atoms with Crippen LogP contribution in [0, 0.1) is 0 Å². The summed E-state index contributed by atoms with van der Waals surface area (Å²) in [7, 11) is 0. The second-order valence-electron chi connectivity index (χ2n) is 3.53. The maximum Gasteiger partial charge on any atom is 0.354 e. The third-order valence-electron chi connectivity index (χ3n) is 2.50. The van der Waals surface area contributed by atoms with E-state index >= 15 is 0 Å². The lowest BCUT2D eigenvalue weighted by Gasteiger charge is -2.10. The highest BCUT2D eigenvalue weighted by molar-refractivity contribution is 5.85. The molecule has 1 aromatic rings. The van der Waals surface area contributed by atoms with E-state index in [1.807, 2.05) is 0 Å². The highest BCUT2D eigenvalue weighted by Gasteiger charge is 2.20. The number of imidazole rings is 1. The Morgan fingerprint density at radius 3 is 3.13 bits per heavy atom. The summed E-state index contributed by atoms with van der Waals surface area (Å²) in [4.78, 5) is 24.5. The third kappa shape index (κ3) is 1.94. The van der Waals surface area contributed by atoms with Gasteiger partial charge in [0.1, 0.15) is 5.69 Å². The van der Waals surface area contributed by atoms with Crippen molar-refractivity contribution in [1.82, 2.24) is 9.55 Å². The van der Waals surface area contributed by atoms with Crippen molar-refractivity contribution in [3.05, 3.63) is 22.4 Å². The van der Waals surface area contributed by atoms with Crippen LogP contribution in [-0.2, 0) is 11.3 Å². The van der Waals surface area contributed by atoms with Gasteiger partial charge in [0, 0.05) is 12.8 Å². The molecule has 0 saturated carbocycles. The maximum atomic E-state index is 11.3. The Balaban J connectivity index is 2.22. The third-order valence-corrected chi connectivity index (χ3v) is 2.50. The van der Waals surface area contributed by atoms with Crippen LogP contribution >= 0.6 is 0 Å². The van der Waals surface area contributed by atoms with E-state index in [4.69, 9.17) is 9.84 Å². The van der Waals surface area contributed by atoms with E-state index in [2.05, 4.69) is 4.98 Å². The van der Waals surface area contributed by atoms with Crippen molar-refractivity contribution < 1.29 is 14.6 Å². The number of aromatic amines is 1. The zero-order chi connectivity index (χ0) is 10.8. The van der Waals surface area contributed by atoms with Gasteiger partial charge in [0.15, 0.2) is 0 Å². The number of H-pyrrole nitrogens is 1. The predicted octanol–water partition coefficient (Wildman–Crippen LogP) is 0.0536. The fraction of sp³-hybridized carbons (Fsp3) is 0.556. The van der Waals surface area contributed by atoms with Crippen LogP contribution < -0.4 is 5.69 Å². The number of hydrogen-bond acceptors (Lipinski definition) is 3. The van der Waals surface area contributed by atoms with E-state index in [-0.39, 0.29) is 11.8 Å². The van der Waals surface area contributed by atoms with Crippen LogP contribution in [0.4, 0.5) is 0 Å². The van der Waals surface area contributed by atoms with Gasteiger partial charge in [-0.2, -0.15) is 0 Å². The minimum absolute atomic E-state index is 0.0181. The van der Waals surface area contributed by atoms with Gasteiger partial charge in [-0.25, -0.2) is 9.59 Å². The molecule has 1 aliphatic heterocycles. The Morgan fingerprint density at radius 2 is 2.53 bits per heavy atom. The SMILES string of the molecule is O=C(O)c1c[nH]c(=O)n1CC1CCCO1. The first-order chi connectivity index (χ1) is 7.18. The van der Waals surface area contributed by atoms with E-state index in [0.717, 1.165) is 12.8 Å². The van der Waals surface area contributed by atoms with Gasteiger partial charge in [0.2, 0.25) is 0 Å². The molecule has 0 amide bonds. The number of hydrogen-bond donors (Lipinski definition) is 2. The molecule has 0 bridgehead atoms. The molecule has 2 rings (SSSR count). The topological polar surface area (TPSA) is 84.3 Å². The molecule has 1 saturated heterocycles. The molecular formula is C9H12N2O4. The Bertz CT molecular complexity index is 414. The lowest BCUT2D eigenvalue weighted by Crippen LogP contribution is -2.27. The number of rotatable bonds is 3. The van der Waals surface area contributed by atoms with Crippen molar-refractivity contribution in [3.8, 4) is 0 Å². The Hall–Kier alpha value is -1.56. The van der Waals surface area contributed by atoms with Crippen LogP contribution in [0.15, 0.2) is 11.0 Å². The van der Waals surface area contributed by atoms with Gasteiger partial charge in [-0.05, 0) is 12.8 Å². The van der Waals surface area contributed by atoms with Crippen LogP contribution in [0.25, 0.3) is 0 Å². The Kier molecular flexibility index (Phi) is 2.59. The van der Waals surface area contributed by atoms with E-state index < -0.39 is 11.7 Å². The molecule has 2 heterocycles. The van der Waals surface area contributed by atoms with Crippen molar-refractivity contribution in [2.24, 2.45) is 0 Å². The summed E-state index contributed by atoms with van der Waals surface area (Å²) >= 11 is 0. The van der Waals surface area contributed by atoms with E-state index in [1.165, 1.54) is 10.8 Å². The Morgan fingerprint density at radius 1 is 1.73 bits per heavy atom. The van der Waals surface area contributed by atoms with Crippen LogP contribution in [0.3, 0.4) is 0 Å². The summed E-state index contributed by atoms with van der Waals surface area (Å²) in [5.41, 5.74) is -0.418. The molecule has 1 aromatic heterocycles. The van der Waals surface area contributed by atoms with Crippen LogP contribution in [0.5, 0.6) is 0 Å². The van der Waals surface area contributed by atoms with E-state index in [0.29, 0.717) is 13.2 Å². The first kappa shape index (κ1) is 9.97. The molecule has 6 heteroatoms. The van der Waals surface area contributed by atoms with Gasteiger partial charge < -0.3 is 14.8 Å². The largest absolute Gasteiger partial charge is 0.477 e. The van der Waals surface area contributed by atoms with Gasteiger partial charge in [-0.15, -0.1) is 0 Å². The van der Waals surface area contributed by atoms with Crippen molar-refractivity contribution in [1.29, 1.82) is 0 Å². The molecule has 0 spiro atoms. The van der Waals surface area contributed by atoms with Gasteiger partial charge >= 0.3 is 11.7 Å². The minimum atomic E-state index is -1.11. The summed E-state index contributed by atoms with van der Waals surface area (Å²) in [5, 5.41) is 8.83. The fourth-order valence-electron chi connectivity index (χ4n) is 1.75. The second kappa shape index (κ2) is 3.90. The highest BCUT2D eigenvalue weighted by Crippen LogP contribution is 2.13. The molecular weight excluding hydrogens is 200 g/mol. The summed E-state index contributed by atoms with van der Waals surface area (Å²) in [5.74, 6) is -1.11. The molecule has 15 heavy (non-hydrogen) atoms. The quantitative estimate of drug-likeness (QED) is 0.741. The van der Waals surface area contributed by atoms with Crippen molar-refractivity contribution in [3.63, 3.8) is 0 Å². The van der Waals surface area contributed by atoms with Gasteiger partial charge in [-0.1, -0.05) is 0 Å². The molecule has 0 aliphatic carbocycles. The maximum absolute atomic E-state index is 11.3. The second-order valence-corrected chi connectivity index (χ2v) is 3.53. The summed E-state index contributed by atoms with van der Waals surface area (Å²) in [6.45, 7) is 0.996. The van der Waals surface area contributed by atoms with Crippen molar-refractivity contribution >= 4 is 5.97 Å². The van der Waals surface area contributed by atoms with Crippen LogP contribution in [-0.4, -0.2) is 33.3 Å². The first-order valence-electron chi connectivity index (χ1n) is 4.81. The number of nitrogens with zero attached hydrogens (tertiary/aromatic N) is 1. The molecule has 1 atom stereocenters. The van der Waals surface area contributed by atoms with Crippen molar-refractivity contribution in [2.75, 3.05) is 6.61 Å². The minimum Gasteiger partial charge on any atom is -0.477 e. The summed E-state index contributed by atoms with van der Waals surface area (Å²) in [6, 6.07) is 0. The number of nitrogens with one attached hydrogen (secondary N) is 1. The monoisotopic (exact) mass is 212 g/mol. The number of aromatic nitrogens is 2. The number of carboxylic acid groups (broad SMARTS) is 1. The zero-order valence-electron chi connectivity index (χ0n) is 8.10. The molecule has 1 unspecified atom stereocenters. The number of aromatic carboxylic acids is 1. The average Bonchev–Trinajstić information content (AvgIpc) is 2.78. The van der Waals surface area contributed by atoms with Gasteiger partial charge in [-0.3, -0.25) is 4.57 Å². The number of ether oxygens (including phenoxy) is 1. The molecule has 1 fully saturated rings. The Labute approximate surface area is 85.5 Å². The summed E-state index contributed by atoms with van der Waals surface area (Å²) in [6.07, 6.45) is 3.00. The van der Waals surface area contributed by atoms with E-state index in [9.17, 15) is 9.59 Å². The average molecular weight is 212 g/mol. The number of carboxylic acids is 1. The normalized spacial score (nSPS) is 20.7. The molecule has 6 nitrogen and oxygen atoms in total. The molecule has 1 aliphatic rings. The molecule has 0 radical (unpaired) electrons. The predicted molar refractivity (Wildman–Crippen MR) is 51.0 cm³/mol. The first-order valence-corrected chi connectivity index (χ1v) is 4.81. The van der Waals surface area contributed by atoms with Crippen LogP contribution in [0.2, 0.25) is 0 Å². The fourth-order valence-corrected chi connectivity index (χ4v) is 1.75. The standard InChI is InChI=1S/C9H12N2O4/c12-8(13)7-4-10-9(14)11(7)5-6-2-1-3-15-6/h4,6H,1-3,5H2,(H,10,14)(H,12,13). The number of carbonyl (C=O) groups is 1. The smallest absolute Gasteiger partial charge is 0.354 e. The van der Waals surface area contributed by atoms with E-state index in [1.54, 1.807) is 0 Å². The van der Waals surface area contributed by atoms with Gasteiger partial charge in [0.25, 0.3) is 0 Å². The zero-order valence-corrected chi connectivity index (χ0v) is 8.10. The van der Waals surface area contributed by atoms with Crippen molar-refractivity contribution in [2.45, 2.75) is 25.5 Å². The molecule has 82 valence electrons. The van der Waals surface area contributed by atoms with Crippen LogP contribution in [0.1, 0.15) is 23.3 Å². The molecule has 0 aromatic carbocycles. The lowest BCUT2D eigenvalue weighted by molar-refractivity contribution is 0.0669. The van der Waals surface area contributed by atoms with Gasteiger partial charge in [0.05, 0.1) is 12.6 Å².